The van der Waals surface area contributed by atoms with Gasteiger partial charge < -0.3 is 10.4 Å². The van der Waals surface area contributed by atoms with Crippen LogP contribution in [0.4, 0.5) is 0 Å². The zero-order valence-corrected chi connectivity index (χ0v) is 10.3. The molecule has 1 amide bonds. The molecule has 92 valence electrons. The van der Waals surface area contributed by atoms with Crippen LogP contribution in [0.25, 0.3) is 0 Å². The maximum atomic E-state index is 11.3. The Kier molecular flexibility index (Phi) is 4.26. The van der Waals surface area contributed by atoms with Crippen molar-refractivity contribution < 1.29 is 14.7 Å². The van der Waals surface area contributed by atoms with Crippen LogP contribution in [0.15, 0.2) is 18.2 Å². The third-order valence-electron chi connectivity index (χ3n) is 2.74. The van der Waals surface area contributed by atoms with Gasteiger partial charge in [0.1, 0.15) is 0 Å². The summed E-state index contributed by atoms with van der Waals surface area (Å²) < 4.78 is 0. The van der Waals surface area contributed by atoms with E-state index >= 15 is 0 Å². The Morgan fingerprint density at radius 1 is 1.29 bits per heavy atom. The van der Waals surface area contributed by atoms with E-state index in [0.29, 0.717) is 5.56 Å². The van der Waals surface area contributed by atoms with Gasteiger partial charge in [-0.15, -0.1) is 0 Å². The number of benzene rings is 1. The minimum atomic E-state index is -1.05. The molecule has 17 heavy (non-hydrogen) atoms. The molecule has 0 saturated carbocycles. The number of carboxylic acids is 1. The van der Waals surface area contributed by atoms with E-state index in [-0.39, 0.29) is 12.3 Å². The van der Waals surface area contributed by atoms with Gasteiger partial charge in [-0.3, -0.25) is 4.79 Å². The lowest BCUT2D eigenvalue weighted by Gasteiger charge is -2.15. The Bertz CT molecular complexity index is 440. The molecule has 0 aliphatic rings. The summed E-state index contributed by atoms with van der Waals surface area (Å²) in [7, 11) is 0. The van der Waals surface area contributed by atoms with Crippen LogP contribution < -0.4 is 5.32 Å². The Labute approximate surface area is 101 Å². The molecule has 2 N–H and O–H groups in total. The molecule has 1 unspecified atom stereocenters. The third kappa shape index (κ3) is 3.31. The van der Waals surface area contributed by atoms with E-state index in [2.05, 4.69) is 5.32 Å². The van der Waals surface area contributed by atoms with Crippen molar-refractivity contribution in [3.8, 4) is 0 Å². The van der Waals surface area contributed by atoms with Crippen molar-refractivity contribution in [2.75, 3.05) is 0 Å². The van der Waals surface area contributed by atoms with Crippen molar-refractivity contribution in [3.05, 3.63) is 34.9 Å². The molecule has 0 heterocycles. The van der Waals surface area contributed by atoms with Gasteiger partial charge in [-0.05, 0) is 30.5 Å². The van der Waals surface area contributed by atoms with Crippen LogP contribution >= 0.6 is 0 Å². The van der Waals surface area contributed by atoms with Gasteiger partial charge in [0.25, 0.3) is 0 Å². The van der Waals surface area contributed by atoms with E-state index in [4.69, 9.17) is 5.11 Å². The van der Waals surface area contributed by atoms with Gasteiger partial charge in [0.2, 0.25) is 5.91 Å². The van der Waals surface area contributed by atoms with E-state index in [1.807, 2.05) is 19.9 Å². The van der Waals surface area contributed by atoms with Crippen LogP contribution in [-0.4, -0.2) is 17.0 Å². The van der Waals surface area contributed by atoms with Crippen LogP contribution in [-0.2, 0) is 9.59 Å². The molecule has 1 aromatic rings. The maximum Gasteiger partial charge on any atom is 0.330 e. The highest BCUT2D eigenvalue weighted by Crippen LogP contribution is 2.17. The van der Waals surface area contributed by atoms with Crippen molar-refractivity contribution in [3.63, 3.8) is 0 Å². The van der Waals surface area contributed by atoms with Crippen molar-refractivity contribution >= 4 is 11.9 Å². The standard InChI is InChI=1S/C13H17NO3/c1-4-11(15)14-12(13(16)17)10-6-5-8(2)9(3)7-10/h5-7,12H,4H2,1-3H3,(H,14,15)(H,16,17). The number of rotatable bonds is 4. The lowest BCUT2D eigenvalue weighted by Crippen LogP contribution is -2.33. The molecule has 0 fully saturated rings. The van der Waals surface area contributed by atoms with Crippen LogP contribution in [0, 0.1) is 13.8 Å². The predicted molar refractivity (Wildman–Crippen MR) is 64.7 cm³/mol. The second-order valence-corrected chi connectivity index (χ2v) is 4.04. The number of hydrogen-bond acceptors (Lipinski definition) is 2. The number of aryl methyl sites for hydroxylation is 2. The van der Waals surface area contributed by atoms with Crippen LogP contribution in [0.5, 0.6) is 0 Å². The first-order valence-corrected chi connectivity index (χ1v) is 5.55. The number of hydrogen-bond donors (Lipinski definition) is 2. The fourth-order valence-corrected chi connectivity index (χ4v) is 1.49. The van der Waals surface area contributed by atoms with Crippen LogP contribution in [0.1, 0.15) is 36.1 Å². The molecule has 4 heteroatoms. The Hall–Kier alpha value is -1.84. The van der Waals surface area contributed by atoms with Crippen molar-refractivity contribution in [2.45, 2.75) is 33.2 Å². The molecule has 0 aromatic heterocycles. The highest BCUT2D eigenvalue weighted by atomic mass is 16.4. The molecule has 1 aromatic carbocycles. The molecular formula is C13H17NO3. The summed E-state index contributed by atoms with van der Waals surface area (Å²) in [5.41, 5.74) is 2.71. The zero-order chi connectivity index (χ0) is 13.0. The van der Waals surface area contributed by atoms with Gasteiger partial charge in [0.05, 0.1) is 0 Å². The predicted octanol–water partition coefficient (Wildman–Crippen LogP) is 1.96. The van der Waals surface area contributed by atoms with Crippen LogP contribution in [0.3, 0.4) is 0 Å². The molecule has 0 spiro atoms. The lowest BCUT2D eigenvalue weighted by molar-refractivity contribution is -0.142. The van der Waals surface area contributed by atoms with Gasteiger partial charge in [0.15, 0.2) is 6.04 Å². The molecule has 0 bridgehead atoms. The molecule has 1 atom stereocenters. The van der Waals surface area contributed by atoms with E-state index in [9.17, 15) is 9.59 Å². The maximum absolute atomic E-state index is 11.3. The Balaban J connectivity index is 3.01. The number of carbonyl (C=O) groups is 2. The number of carboxylic acid groups (broad SMARTS) is 1. The minimum absolute atomic E-state index is 0.268. The molecule has 0 saturated heterocycles. The lowest BCUT2D eigenvalue weighted by atomic mass is 10.0. The fourth-order valence-electron chi connectivity index (χ4n) is 1.49. The molecule has 0 aliphatic carbocycles. The average molecular weight is 235 g/mol. The number of carbonyl (C=O) groups excluding carboxylic acids is 1. The summed E-state index contributed by atoms with van der Waals surface area (Å²) in [6.07, 6.45) is 0.272. The van der Waals surface area contributed by atoms with Gasteiger partial charge in [-0.25, -0.2) is 4.79 Å². The zero-order valence-electron chi connectivity index (χ0n) is 10.3. The van der Waals surface area contributed by atoms with Crippen molar-refractivity contribution in [1.82, 2.24) is 5.32 Å². The number of amides is 1. The van der Waals surface area contributed by atoms with Gasteiger partial charge >= 0.3 is 5.97 Å². The summed E-state index contributed by atoms with van der Waals surface area (Å²) in [5.74, 6) is -1.31. The van der Waals surface area contributed by atoms with Crippen molar-refractivity contribution in [2.24, 2.45) is 0 Å². The highest BCUT2D eigenvalue weighted by Gasteiger charge is 2.21. The number of nitrogens with one attached hydrogen (secondary N) is 1. The first-order valence-electron chi connectivity index (χ1n) is 5.55. The Morgan fingerprint density at radius 3 is 2.41 bits per heavy atom. The third-order valence-corrected chi connectivity index (χ3v) is 2.74. The molecule has 1 rings (SSSR count). The van der Waals surface area contributed by atoms with E-state index in [1.54, 1.807) is 19.1 Å². The van der Waals surface area contributed by atoms with Gasteiger partial charge in [-0.1, -0.05) is 25.1 Å². The minimum Gasteiger partial charge on any atom is -0.479 e. The van der Waals surface area contributed by atoms with Crippen molar-refractivity contribution in [1.29, 1.82) is 0 Å². The largest absolute Gasteiger partial charge is 0.479 e. The quantitative estimate of drug-likeness (QED) is 0.838. The number of aliphatic carboxylic acids is 1. The van der Waals surface area contributed by atoms with Gasteiger partial charge in [0, 0.05) is 6.42 Å². The average Bonchev–Trinajstić information content (AvgIpc) is 2.29. The molecule has 4 nitrogen and oxygen atoms in total. The first-order chi connectivity index (χ1) is 7.95. The smallest absolute Gasteiger partial charge is 0.330 e. The summed E-state index contributed by atoms with van der Waals surface area (Å²) in [6, 6.07) is 4.42. The summed E-state index contributed by atoms with van der Waals surface area (Å²) in [6.45, 7) is 5.56. The summed E-state index contributed by atoms with van der Waals surface area (Å²) >= 11 is 0. The second kappa shape index (κ2) is 5.48. The summed E-state index contributed by atoms with van der Waals surface area (Å²) in [5, 5.41) is 11.6. The molecule has 0 aliphatic heterocycles. The molecular weight excluding hydrogens is 218 g/mol. The second-order valence-electron chi connectivity index (χ2n) is 4.04. The topological polar surface area (TPSA) is 66.4 Å². The summed E-state index contributed by atoms with van der Waals surface area (Å²) in [4.78, 5) is 22.4. The molecule has 0 radical (unpaired) electrons. The van der Waals surface area contributed by atoms with E-state index in [0.717, 1.165) is 11.1 Å². The van der Waals surface area contributed by atoms with E-state index in [1.165, 1.54) is 0 Å². The highest BCUT2D eigenvalue weighted by molar-refractivity contribution is 5.84. The first kappa shape index (κ1) is 13.2. The fraction of sp³-hybridized carbons (Fsp3) is 0.385. The van der Waals surface area contributed by atoms with Crippen LogP contribution in [0.2, 0.25) is 0 Å². The van der Waals surface area contributed by atoms with Gasteiger partial charge in [-0.2, -0.15) is 0 Å². The normalized spacial score (nSPS) is 11.9. The SMILES string of the molecule is CCC(=O)NC(C(=O)O)c1ccc(C)c(C)c1. The Morgan fingerprint density at radius 2 is 1.94 bits per heavy atom. The van der Waals surface area contributed by atoms with E-state index < -0.39 is 12.0 Å². The monoisotopic (exact) mass is 235 g/mol.